The second-order valence-electron chi connectivity index (χ2n) is 6.29. The Balaban J connectivity index is 1.64. The molecule has 3 N–H and O–H groups in total. The van der Waals surface area contributed by atoms with Crippen LogP contribution in [0, 0.1) is 0 Å². The minimum Gasteiger partial charge on any atom is -0.361 e. The molecule has 7 nitrogen and oxygen atoms in total. The number of nitrogens with zero attached hydrogens (tertiary/aromatic N) is 2. The van der Waals surface area contributed by atoms with E-state index in [0.29, 0.717) is 11.5 Å². The predicted octanol–water partition coefficient (Wildman–Crippen LogP) is 3.94. The molecule has 7 heteroatoms. The lowest BCUT2D eigenvalue weighted by molar-refractivity contribution is -0.114. The molecule has 0 saturated heterocycles. The first kappa shape index (κ1) is 17.4. The molecule has 138 valence electrons. The molecule has 2 aromatic carbocycles. The second kappa shape index (κ2) is 7.32. The van der Waals surface area contributed by atoms with Crippen LogP contribution in [0.3, 0.4) is 0 Å². The zero-order chi connectivity index (χ0) is 19.5. The zero-order valence-electron chi connectivity index (χ0n) is 15.1. The van der Waals surface area contributed by atoms with E-state index < -0.39 is 0 Å². The van der Waals surface area contributed by atoms with Crippen molar-refractivity contribution in [3.63, 3.8) is 0 Å². The highest BCUT2D eigenvalue weighted by molar-refractivity contribution is 6.05. The molecule has 0 radical (unpaired) electrons. The molecule has 0 aliphatic rings. The Labute approximate surface area is 160 Å². The summed E-state index contributed by atoms with van der Waals surface area (Å²) in [5.74, 6) is 0.0713. The van der Waals surface area contributed by atoms with Crippen molar-refractivity contribution >= 4 is 50.7 Å². The number of aromatic nitrogens is 3. The lowest BCUT2D eigenvalue weighted by Gasteiger charge is -2.10. The maximum atomic E-state index is 11.9. The molecular weight excluding hydrogens is 354 g/mol. The summed E-state index contributed by atoms with van der Waals surface area (Å²) in [7, 11) is 0. The fourth-order valence-electron chi connectivity index (χ4n) is 2.88. The molecule has 0 fully saturated rings. The molecule has 0 aliphatic carbocycles. The third-order valence-electron chi connectivity index (χ3n) is 4.19. The van der Waals surface area contributed by atoms with E-state index in [1.807, 2.05) is 36.5 Å². The van der Waals surface area contributed by atoms with E-state index in [-0.39, 0.29) is 11.7 Å². The standard InChI is InChI=1S/C21H17N5O2/c1-13(27)2-7-20(28)25-16-4-6-19-17(11-16)21(24-12-23-19)26-15-3-5-18-14(10-15)8-9-22-18/h2-12,22H,1H3,(H,25,28)(H,23,24,26). The van der Waals surface area contributed by atoms with Gasteiger partial charge in [0.05, 0.1) is 5.52 Å². The fraction of sp³-hybridized carbons (Fsp3) is 0.0476. The lowest BCUT2D eigenvalue weighted by Crippen LogP contribution is -2.08. The average molecular weight is 371 g/mol. The topological polar surface area (TPSA) is 99.8 Å². The SMILES string of the molecule is CC(=O)C=CC(=O)Nc1ccc2ncnc(Nc3ccc4[nH]ccc4c3)c2c1. The maximum absolute atomic E-state index is 11.9. The van der Waals surface area contributed by atoms with Gasteiger partial charge in [-0.2, -0.15) is 0 Å². The van der Waals surface area contributed by atoms with Crippen LogP contribution in [0.4, 0.5) is 17.2 Å². The van der Waals surface area contributed by atoms with Crippen LogP contribution in [0.2, 0.25) is 0 Å². The Morgan fingerprint density at radius 1 is 1.00 bits per heavy atom. The maximum Gasteiger partial charge on any atom is 0.248 e. The van der Waals surface area contributed by atoms with Crippen LogP contribution >= 0.6 is 0 Å². The molecule has 28 heavy (non-hydrogen) atoms. The first-order chi connectivity index (χ1) is 13.6. The summed E-state index contributed by atoms with van der Waals surface area (Å²) in [6, 6.07) is 13.3. The number of nitrogens with one attached hydrogen (secondary N) is 3. The number of aromatic amines is 1. The molecule has 0 spiro atoms. The minimum absolute atomic E-state index is 0.187. The summed E-state index contributed by atoms with van der Waals surface area (Å²) in [5.41, 5.74) is 3.29. The smallest absolute Gasteiger partial charge is 0.248 e. The molecule has 0 bridgehead atoms. The van der Waals surface area contributed by atoms with Gasteiger partial charge in [0.2, 0.25) is 5.91 Å². The molecule has 2 heterocycles. The number of anilines is 3. The molecule has 0 unspecified atom stereocenters. The molecule has 4 aromatic rings. The van der Waals surface area contributed by atoms with Crippen molar-refractivity contribution in [2.45, 2.75) is 6.92 Å². The molecule has 2 aromatic heterocycles. The van der Waals surface area contributed by atoms with Gasteiger partial charge >= 0.3 is 0 Å². The molecule has 0 aliphatic heterocycles. The third kappa shape index (κ3) is 3.73. The summed E-state index contributed by atoms with van der Waals surface area (Å²) in [6.07, 6.45) is 5.82. The van der Waals surface area contributed by atoms with Gasteiger partial charge in [-0.15, -0.1) is 0 Å². The number of carbonyl (C=O) groups excluding carboxylic acids is 2. The van der Waals surface area contributed by atoms with Crippen molar-refractivity contribution in [3.05, 3.63) is 67.1 Å². The first-order valence-electron chi connectivity index (χ1n) is 8.67. The van der Waals surface area contributed by atoms with Crippen molar-refractivity contribution in [1.29, 1.82) is 0 Å². The fourth-order valence-corrected chi connectivity index (χ4v) is 2.88. The van der Waals surface area contributed by atoms with E-state index >= 15 is 0 Å². The van der Waals surface area contributed by atoms with Gasteiger partial charge in [-0.1, -0.05) is 0 Å². The van der Waals surface area contributed by atoms with Gasteiger partial charge in [0.15, 0.2) is 5.78 Å². The number of hydrogen-bond donors (Lipinski definition) is 3. The van der Waals surface area contributed by atoms with Crippen molar-refractivity contribution in [1.82, 2.24) is 15.0 Å². The number of fused-ring (bicyclic) bond motifs is 2. The summed E-state index contributed by atoms with van der Waals surface area (Å²) in [6.45, 7) is 1.39. The quantitative estimate of drug-likeness (QED) is 0.462. The number of ketones is 1. The van der Waals surface area contributed by atoms with E-state index in [1.54, 1.807) is 12.1 Å². The van der Waals surface area contributed by atoms with E-state index in [4.69, 9.17) is 0 Å². The Morgan fingerprint density at radius 2 is 1.86 bits per heavy atom. The summed E-state index contributed by atoms with van der Waals surface area (Å²) in [4.78, 5) is 34.7. The van der Waals surface area contributed by atoms with Crippen molar-refractivity contribution in [2.24, 2.45) is 0 Å². The van der Waals surface area contributed by atoms with E-state index in [2.05, 4.69) is 25.6 Å². The lowest BCUT2D eigenvalue weighted by atomic mass is 10.2. The minimum atomic E-state index is -0.376. The number of rotatable bonds is 5. The van der Waals surface area contributed by atoms with Crippen LogP contribution in [-0.2, 0) is 9.59 Å². The van der Waals surface area contributed by atoms with Gasteiger partial charge in [0, 0.05) is 39.9 Å². The number of amides is 1. The first-order valence-corrected chi connectivity index (χ1v) is 8.67. The van der Waals surface area contributed by atoms with Gasteiger partial charge in [-0.3, -0.25) is 9.59 Å². The third-order valence-corrected chi connectivity index (χ3v) is 4.19. The predicted molar refractivity (Wildman–Crippen MR) is 110 cm³/mol. The second-order valence-corrected chi connectivity index (χ2v) is 6.29. The van der Waals surface area contributed by atoms with E-state index in [1.165, 1.54) is 25.4 Å². The van der Waals surface area contributed by atoms with Crippen LogP contribution < -0.4 is 10.6 Å². The highest BCUT2D eigenvalue weighted by Gasteiger charge is 2.07. The number of allylic oxidation sites excluding steroid dienone is 1. The van der Waals surface area contributed by atoms with E-state index in [0.717, 1.165) is 27.5 Å². The van der Waals surface area contributed by atoms with Crippen molar-refractivity contribution < 1.29 is 9.59 Å². The zero-order valence-corrected chi connectivity index (χ0v) is 15.1. The Morgan fingerprint density at radius 3 is 2.71 bits per heavy atom. The van der Waals surface area contributed by atoms with Gasteiger partial charge in [-0.25, -0.2) is 9.97 Å². The summed E-state index contributed by atoms with van der Waals surface area (Å²) >= 11 is 0. The number of benzene rings is 2. The Bertz CT molecular complexity index is 1230. The molecular formula is C21H17N5O2. The monoisotopic (exact) mass is 371 g/mol. The average Bonchev–Trinajstić information content (AvgIpc) is 3.15. The summed E-state index contributed by atoms with van der Waals surface area (Å²) in [5, 5.41) is 7.91. The van der Waals surface area contributed by atoms with Crippen molar-refractivity contribution in [3.8, 4) is 0 Å². The van der Waals surface area contributed by atoms with Crippen molar-refractivity contribution in [2.75, 3.05) is 10.6 Å². The van der Waals surface area contributed by atoms with E-state index in [9.17, 15) is 9.59 Å². The van der Waals surface area contributed by atoms with Crippen LogP contribution in [-0.4, -0.2) is 26.6 Å². The largest absolute Gasteiger partial charge is 0.361 e. The highest BCUT2D eigenvalue weighted by Crippen LogP contribution is 2.27. The Kier molecular flexibility index (Phi) is 4.55. The number of H-pyrrole nitrogens is 1. The normalized spacial score (nSPS) is 11.2. The number of hydrogen-bond acceptors (Lipinski definition) is 5. The van der Waals surface area contributed by atoms with Gasteiger partial charge in [0.1, 0.15) is 12.1 Å². The van der Waals surface area contributed by atoms with Gasteiger partial charge in [-0.05, 0) is 55.5 Å². The molecule has 0 saturated carbocycles. The van der Waals surface area contributed by atoms with Crippen LogP contribution in [0.1, 0.15) is 6.92 Å². The Hall–Kier alpha value is -4.00. The number of carbonyl (C=O) groups is 2. The van der Waals surface area contributed by atoms with Gasteiger partial charge < -0.3 is 15.6 Å². The summed E-state index contributed by atoms with van der Waals surface area (Å²) < 4.78 is 0. The molecule has 0 atom stereocenters. The van der Waals surface area contributed by atoms with Gasteiger partial charge in [0.25, 0.3) is 0 Å². The van der Waals surface area contributed by atoms with Crippen LogP contribution in [0.15, 0.2) is 67.1 Å². The van der Waals surface area contributed by atoms with Crippen LogP contribution in [0.5, 0.6) is 0 Å². The molecule has 1 amide bonds. The highest BCUT2D eigenvalue weighted by atomic mass is 16.1. The molecule has 4 rings (SSSR count). The van der Waals surface area contributed by atoms with Crippen LogP contribution in [0.25, 0.3) is 21.8 Å².